The fraction of sp³-hybridized carbons (Fsp3) is 0.522. The van der Waals surface area contributed by atoms with Crippen molar-refractivity contribution in [2.45, 2.75) is 49.6 Å². The van der Waals surface area contributed by atoms with Crippen molar-refractivity contribution < 1.29 is 43.9 Å². The summed E-state index contributed by atoms with van der Waals surface area (Å²) >= 11 is 0. The van der Waals surface area contributed by atoms with Gasteiger partial charge in [-0.25, -0.2) is 14.0 Å². The molecule has 1 aliphatic carbocycles. The first-order valence-corrected chi connectivity index (χ1v) is 11.6. The summed E-state index contributed by atoms with van der Waals surface area (Å²) in [5.74, 6) is -3.51. The van der Waals surface area contributed by atoms with Gasteiger partial charge in [0, 0.05) is 43.8 Å². The smallest absolute Gasteiger partial charge is 0.346 e. The molecule has 0 radical (unpaired) electrons. The lowest BCUT2D eigenvalue weighted by Gasteiger charge is -2.37. The fourth-order valence-electron chi connectivity index (χ4n) is 4.63. The number of aromatic nitrogens is 1. The molecular weight excluding hydrogens is 481 g/mol. The van der Waals surface area contributed by atoms with E-state index >= 15 is 4.39 Å². The van der Waals surface area contributed by atoms with Crippen LogP contribution in [0.2, 0.25) is 0 Å². The first-order valence-electron chi connectivity index (χ1n) is 11.6. The summed E-state index contributed by atoms with van der Waals surface area (Å²) in [7, 11) is 0. The van der Waals surface area contributed by atoms with Crippen molar-refractivity contribution in [3.8, 4) is 0 Å². The molecule has 0 amide bonds. The fourth-order valence-corrected chi connectivity index (χ4v) is 4.63. The van der Waals surface area contributed by atoms with Crippen molar-refractivity contribution in [2.75, 3.05) is 31.1 Å². The number of aliphatic hydroxyl groups excluding tert-OH is 3. The molecule has 5 N–H and O–H groups in total. The average Bonchev–Trinajstić information content (AvgIpc) is 3.70. The van der Waals surface area contributed by atoms with Gasteiger partial charge in [0.05, 0.1) is 11.2 Å². The van der Waals surface area contributed by atoms with Crippen LogP contribution in [0.25, 0.3) is 10.9 Å². The number of aliphatic carboxylic acids is 1. The van der Waals surface area contributed by atoms with Crippen LogP contribution in [-0.2, 0) is 14.3 Å². The van der Waals surface area contributed by atoms with Gasteiger partial charge in [0.15, 0.2) is 6.10 Å². The Balaban J connectivity index is 1.50. The normalized spacial score (nSPS) is 28.8. The highest BCUT2D eigenvalue weighted by molar-refractivity contribution is 5.95. The van der Waals surface area contributed by atoms with E-state index in [-0.39, 0.29) is 11.4 Å². The standard InChI is InChI=1S/C23H26FN3O9/c24-13-7-11-14(8-15(13)26-5-3-25-4-6-26)27(10-1-2-10)9-12(16(11)28)22(34)36-23-19(31)17(29)18(30)20(35-23)21(32)33/h7-10,17-20,23,25,29-31H,1-6H2,(H,32,33). The van der Waals surface area contributed by atoms with Gasteiger partial charge in [-0.15, -0.1) is 0 Å². The monoisotopic (exact) mass is 507 g/mol. The highest BCUT2D eigenvalue weighted by Gasteiger charge is 2.48. The molecular formula is C23H26FN3O9. The molecule has 3 fully saturated rings. The Kier molecular flexibility index (Phi) is 6.43. The SMILES string of the molecule is O=C(OC1OC(C(=O)O)C(O)C(O)C1O)c1cn(C2CC2)c2cc(N3CCNCC3)c(F)cc2c1=O. The van der Waals surface area contributed by atoms with Gasteiger partial charge in [0.1, 0.15) is 29.7 Å². The Bertz CT molecular complexity index is 1260. The second-order valence-electron chi connectivity index (χ2n) is 9.21. The van der Waals surface area contributed by atoms with Crippen LogP contribution < -0.4 is 15.6 Å². The Morgan fingerprint density at radius 2 is 1.78 bits per heavy atom. The van der Waals surface area contributed by atoms with Gasteiger partial charge in [0.2, 0.25) is 11.7 Å². The van der Waals surface area contributed by atoms with Crippen LogP contribution in [0.1, 0.15) is 29.2 Å². The number of fused-ring (bicyclic) bond motifs is 1. The Labute approximate surface area is 203 Å². The largest absolute Gasteiger partial charge is 0.479 e. The molecule has 12 nitrogen and oxygen atoms in total. The minimum absolute atomic E-state index is 0.00846. The Morgan fingerprint density at radius 1 is 1.08 bits per heavy atom. The van der Waals surface area contributed by atoms with Crippen molar-refractivity contribution in [3.63, 3.8) is 0 Å². The third-order valence-corrected chi connectivity index (χ3v) is 6.75. The first kappa shape index (κ1) is 24.6. The highest BCUT2D eigenvalue weighted by atomic mass is 19.1. The molecule has 5 rings (SSSR count). The number of pyridine rings is 1. The van der Waals surface area contributed by atoms with Crippen LogP contribution in [0.4, 0.5) is 10.1 Å². The van der Waals surface area contributed by atoms with Crippen molar-refractivity contribution in [1.82, 2.24) is 9.88 Å². The molecule has 0 bridgehead atoms. The van der Waals surface area contributed by atoms with Gasteiger partial charge in [-0.05, 0) is 25.0 Å². The molecule has 13 heteroatoms. The van der Waals surface area contributed by atoms with Crippen molar-refractivity contribution in [3.05, 3.63) is 39.9 Å². The summed E-state index contributed by atoms with van der Waals surface area (Å²) in [6.07, 6.45) is -6.96. The van der Waals surface area contributed by atoms with E-state index in [2.05, 4.69) is 5.32 Å². The summed E-state index contributed by atoms with van der Waals surface area (Å²) in [5.41, 5.74) is -0.447. The van der Waals surface area contributed by atoms with Gasteiger partial charge >= 0.3 is 11.9 Å². The second kappa shape index (κ2) is 9.41. The number of nitrogens with one attached hydrogen (secondary N) is 1. The van der Waals surface area contributed by atoms with Crippen molar-refractivity contribution in [2.24, 2.45) is 0 Å². The number of halogens is 1. The van der Waals surface area contributed by atoms with Crippen molar-refractivity contribution >= 4 is 28.5 Å². The number of carboxylic acid groups (broad SMARTS) is 1. The molecule has 194 valence electrons. The van der Waals surface area contributed by atoms with E-state index in [1.807, 2.05) is 4.90 Å². The summed E-state index contributed by atoms with van der Waals surface area (Å²) in [6, 6.07) is 2.69. The summed E-state index contributed by atoms with van der Waals surface area (Å²) in [5, 5.41) is 42.2. The number of esters is 1. The van der Waals surface area contributed by atoms with Crippen LogP contribution in [0.15, 0.2) is 23.1 Å². The number of rotatable bonds is 5. The number of anilines is 1. The number of hydrogen-bond donors (Lipinski definition) is 5. The molecule has 5 unspecified atom stereocenters. The lowest BCUT2D eigenvalue weighted by atomic mass is 9.99. The second-order valence-corrected chi connectivity index (χ2v) is 9.21. The molecule has 3 aliphatic rings. The predicted molar refractivity (Wildman–Crippen MR) is 121 cm³/mol. The highest BCUT2D eigenvalue weighted by Crippen LogP contribution is 2.38. The molecule has 36 heavy (non-hydrogen) atoms. The van der Waals surface area contributed by atoms with Crippen LogP contribution in [0.5, 0.6) is 0 Å². The van der Waals surface area contributed by atoms with Gasteiger partial charge in [-0.1, -0.05) is 0 Å². The number of carbonyl (C=O) groups excluding carboxylic acids is 1. The third-order valence-electron chi connectivity index (χ3n) is 6.75. The minimum Gasteiger partial charge on any atom is -0.479 e. The van der Waals surface area contributed by atoms with Gasteiger partial charge < -0.3 is 44.7 Å². The molecule has 2 aromatic rings. The number of nitrogens with zero attached hydrogens (tertiary/aromatic N) is 2. The maximum Gasteiger partial charge on any atom is 0.346 e. The quantitative estimate of drug-likeness (QED) is 0.312. The number of piperazine rings is 1. The summed E-state index contributed by atoms with van der Waals surface area (Å²) < 4.78 is 26.8. The molecule has 2 saturated heterocycles. The number of carbonyl (C=O) groups is 2. The van der Waals surface area contributed by atoms with Crippen LogP contribution in [0, 0.1) is 5.82 Å². The number of carboxylic acids is 1. The Morgan fingerprint density at radius 3 is 2.42 bits per heavy atom. The van der Waals surface area contributed by atoms with Gasteiger partial charge in [-0.2, -0.15) is 0 Å². The zero-order valence-electron chi connectivity index (χ0n) is 19.0. The van der Waals surface area contributed by atoms with Gasteiger partial charge in [-0.3, -0.25) is 4.79 Å². The predicted octanol–water partition coefficient (Wildman–Crippen LogP) is -1.07. The van der Waals surface area contributed by atoms with Crippen LogP contribution >= 0.6 is 0 Å². The molecule has 5 atom stereocenters. The lowest BCUT2D eigenvalue weighted by molar-refractivity contribution is -0.278. The van der Waals surface area contributed by atoms with Gasteiger partial charge in [0.25, 0.3) is 0 Å². The molecule has 1 saturated carbocycles. The molecule has 1 aromatic heterocycles. The van der Waals surface area contributed by atoms with Crippen LogP contribution in [0.3, 0.4) is 0 Å². The Hall–Kier alpha value is -3.10. The van der Waals surface area contributed by atoms with E-state index in [0.29, 0.717) is 37.4 Å². The zero-order valence-corrected chi connectivity index (χ0v) is 19.0. The van der Waals surface area contributed by atoms with E-state index in [0.717, 1.165) is 18.9 Å². The zero-order chi connectivity index (χ0) is 25.7. The lowest BCUT2D eigenvalue weighted by Crippen LogP contribution is -2.60. The minimum atomic E-state index is -1.98. The van der Waals surface area contributed by atoms with E-state index in [4.69, 9.17) is 9.47 Å². The van der Waals surface area contributed by atoms with E-state index < -0.39 is 59.5 Å². The number of benzene rings is 1. The number of ether oxygens (including phenoxy) is 2. The van der Waals surface area contributed by atoms with E-state index in [9.17, 15) is 34.8 Å². The molecule has 0 spiro atoms. The maximum atomic E-state index is 15.1. The molecule has 1 aromatic carbocycles. The molecule has 3 heterocycles. The molecule has 2 aliphatic heterocycles. The van der Waals surface area contributed by atoms with Crippen molar-refractivity contribution in [1.29, 1.82) is 0 Å². The number of aliphatic hydroxyl groups is 3. The topological polar surface area (TPSA) is 171 Å². The summed E-state index contributed by atoms with van der Waals surface area (Å²) in [6.45, 7) is 2.59. The number of hydrogen-bond acceptors (Lipinski definition) is 10. The average molecular weight is 507 g/mol. The van der Waals surface area contributed by atoms with E-state index in [1.165, 1.54) is 6.20 Å². The summed E-state index contributed by atoms with van der Waals surface area (Å²) in [4.78, 5) is 39.4. The third kappa shape index (κ3) is 4.33. The first-order chi connectivity index (χ1) is 17.2. The van der Waals surface area contributed by atoms with Crippen LogP contribution in [-0.4, -0.2) is 93.8 Å². The maximum absolute atomic E-state index is 15.1. The van der Waals surface area contributed by atoms with E-state index in [1.54, 1.807) is 10.6 Å².